The first-order chi connectivity index (χ1) is 7.22. The zero-order valence-electron chi connectivity index (χ0n) is 7.87. The van der Waals surface area contributed by atoms with E-state index in [0.29, 0.717) is 30.3 Å². The van der Waals surface area contributed by atoms with Crippen LogP contribution in [0.2, 0.25) is 0 Å². The zero-order chi connectivity index (χ0) is 10.8. The van der Waals surface area contributed by atoms with Crippen molar-refractivity contribution < 1.29 is 14.6 Å². The molecule has 0 saturated carbocycles. The van der Waals surface area contributed by atoms with Crippen molar-refractivity contribution in [1.82, 2.24) is 0 Å². The highest BCUT2D eigenvalue weighted by Crippen LogP contribution is 2.39. The summed E-state index contributed by atoms with van der Waals surface area (Å²) in [5, 5.41) is 9.50. The maximum absolute atomic E-state index is 9.50. The second kappa shape index (κ2) is 4.13. The van der Waals surface area contributed by atoms with Crippen LogP contribution in [0.5, 0.6) is 11.5 Å². The van der Waals surface area contributed by atoms with Crippen molar-refractivity contribution in [3.8, 4) is 23.8 Å². The van der Waals surface area contributed by atoms with Crippen molar-refractivity contribution in [1.29, 1.82) is 0 Å². The first kappa shape index (κ1) is 10.3. The fraction of sp³-hybridized carbons (Fsp3) is 0.273. The Balaban J connectivity index is 2.46. The lowest BCUT2D eigenvalue weighted by molar-refractivity contribution is 0.169. The maximum Gasteiger partial charge on any atom is 0.175 e. The molecule has 0 aromatic heterocycles. The van der Waals surface area contributed by atoms with Gasteiger partial charge in [-0.3, -0.25) is 0 Å². The molecule has 1 unspecified atom stereocenters. The maximum atomic E-state index is 9.50. The number of hydrogen-bond donors (Lipinski definition) is 1. The molecule has 1 heterocycles. The van der Waals surface area contributed by atoms with E-state index in [0.717, 1.165) is 4.47 Å². The molecule has 78 valence electrons. The third-order valence-corrected chi connectivity index (χ3v) is 2.68. The average Bonchev–Trinajstić information content (AvgIpc) is 2.28. The Morgan fingerprint density at radius 3 is 2.87 bits per heavy atom. The normalized spacial score (nSPS) is 15.5. The van der Waals surface area contributed by atoms with Gasteiger partial charge in [0.25, 0.3) is 0 Å². The van der Waals surface area contributed by atoms with Crippen molar-refractivity contribution in [3.05, 3.63) is 22.2 Å². The van der Waals surface area contributed by atoms with Crippen LogP contribution in [0.1, 0.15) is 11.7 Å². The third-order valence-electron chi connectivity index (χ3n) is 2.09. The highest BCUT2D eigenvalue weighted by Gasteiger charge is 2.18. The Hall–Kier alpha value is -1.18. The second-order valence-electron chi connectivity index (χ2n) is 3.10. The Labute approximate surface area is 96.1 Å². The molecule has 0 saturated heterocycles. The number of aliphatic hydroxyl groups excluding tert-OH is 1. The zero-order valence-corrected chi connectivity index (χ0v) is 9.45. The van der Waals surface area contributed by atoms with Gasteiger partial charge in [-0.25, -0.2) is 0 Å². The summed E-state index contributed by atoms with van der Waals surface area (Å²) in [6, 6.07) is 3.43. The number of rotatable bonds is 1. The van der Waals surface area contributed by atoms with E-state index >= 15 is 0 Å². The molecule has 0 fully saturated rings. The molecule has 1 aromatic carbocycles. The van der Waals surface area contributed by atoms with Gasteiger partial charge in [-0.1, -0.05) is 5.92 Å². The van der Waals surface area contributed by atoms with Crippen LogP contribution >= 0.6 is 15.9 Å². The number of aliphatic hydroxyl groups is 1. The van der Waals surface area contributed by atoms with Gasteiger partial charge in [0, 0.05) is 0 Å². The third kappa shape index (κ3) is 1.94. The minimum atomic E-state index is -0.919. The predicted molar refractivity (Wildman–Crippen MR) is 58.9 cm³/mol. The summed E-state index contributed by atoms with van der Waals surface area (Å²) in [5.41, 5.74) is 0.619. The van der Waals surface area contributed by atoms with Crippen LogP contribution in [-0.2, 0) is 0 Å². The Morgan fingerprint density at radius 1 is 1.40 bits per heavy atom. The topological polar surface area (TPSA) is 38.7 Å². The van der Waals surface area contributed by atoms with Gasteiger partial charge in [0.1, 0.15) is 19.3 Å². The summed E-state index contributed by atoms with van der Waals surface area (Å²) >= 11 is 3.35. The standard InChI is InChI=1S/C11H9BrO3/c1-2-9(13)7-5-8(12)11-10(6-7)14-3-4-15-11/h1,5-6,9,13H,3-4H2. The summed E-state index contributed by atoms with van der Waals surface area (Å²) in [6.45, 7) is 1.04. The van der Waals surface area contributed by atoms with Crippen molar-refractivity contribution in [3.63, 3.8) is 0 Å². The molecule has 1 atom stereocenters. The highest BCUT2D eigenvalue weighted by atomic mass is 79.9. The predicted octanol–water partition coefficient (Wildman–Crippen LogP) is 1.89. The van der Waals surface area contributed by atoms with Crippen LogP contribution in [0.4, 0.5) is 0 Å². The summed E-state index contributed by atoms with van der Waals surface area (Å²) in [7, 11) is 0. The molecule has 2 rings (SSSR count). The molecule has 4 heteroatoms. The molecule has 1 aliphatic rings. The summed E-state index contributed by atoms with van der Waals surface area (Å²) < 4.78 is 11.6. The Bertz CT molecular complexity index is 423. The molecule has 0 amide bonds. The summed E-state index contributed by atoms with van der Waals surface area (Å²) in [6.07, 6.45) is 4.22. The van der Waals surface area contributed by atoms with E-state index in [1.165, 1.54) is 0 Å². The minimum absolute atomic E-state index is 0.509. The molecule has 3 nitrogen and oxygen atoms in total. The van der Waals surface area contributed by atoms with Crippen LogP contribution in [0.15, 0.2) is 16.6 Å². The van der Waals surface area contributed by atoms with Crippen molar-refractivity contribution in [2.24, 2.45) is 0 Å². The first-order valence-electron chi connectivity index (χ1n) is 4.45. The largest absolute Gasteiger partial charge is 0.486 e. The van der Waals surface area contributed by atoms with Gasteiger partial charge in [-0.15, -0.1) is 6.42 Å². The second-order valence-corrected chi connectivity index (χ2v) is 3.95. The number of terminal acetylenes is 1. The van der Waals surface area contributed by atoms with E-state index in [-0.39, 0.29) is 0 Å². The van der Waals surface area contributed by atoms with Gasteiger partial charge in [0.15, 0.2) is 11.5 Å². The number of ether oxygens (including phenoxy) is 2. The number of benzene rings is 1. The molecule has 1 aliphatic heterocycles. The SMILES string of the molecule is C#CC(O)c1cc(Br)c2c(c1)OCCO2. The van der Waals surface area contributed by atoms with Gasteiger partial charge in [0.05, 0.1) is 4.47 Å². The van der Waals surface area contributed by atoms with Gasteiger partial charge >= 0.3 is 0 Å². The van der Waals surface area contributed by atoms with Crippen molar-refractivity contribution >= 4 is 15.9 Å². The van der Waals surface area contributed by atoms with Gasteiger partial charge in [-0.2, -0.15) is 0 Å². The number of halogens is 1. The molecule has 0 bridgehead atoms. The minimum Gasteiger partial charge on any atom is -0.486 e. The molecule has 15 heavy (non-hydrogen) atoms. The van der Waals surface area contributed by atoms with Crippen LogP contribution < -0.4 is 9.47 Å². The lowest BCUT2D eigenvalue weighted by Crippen LogP contribution is -2.16. The number of hydrogen-bond acceptors (Lipinski definition) is 3. The van der Waals surface area contributed by atoms with Crippen LogP contribution in [0, 0.1) is 12.3 Å². The van der Waals surface area contributed by atoms with Crippen molar-refractivity contribution in [2.45, 2.75) is 6.10 Å². The fourth-order valence-electron chi connectivity index (χ4n) is 1.38. The van der Waals surface area contributed by atoms with E-state index in [2.05, 4.69) is 21.9 Å². The molecule has 0 aliphatic carbocycles. The van der Waals surface area contributed by atoms with Crippen LogP contribution in [0.3, 0.4) is 0 Å². The molecular formula is C11H9BrO3. The van der Waals surface area contributed by atoms with E-state index < -0.39 is 6.10 Å². The van der Waals surface area contributed by atoms with E-state index in [9.17, 15) is 5.11 Å². The Morgan fingerprint density at radius 2 is 2.13 bits per heavy atom. The van der Waals surface area contributed by atoms with Gasteiger partial charge < -0.3 is 14.6 Å². The molecule has 1 aromatic rings. The lowest BCUT2D eigenvalue weighted by Gasteiger charge is -2.20. The monoisotopic (exact) mass is 268 g/mol. The number of fused-ring (bicyclic) bond motifs is 1. The van der Waals surface area contributed by atoms with E-state index in [1.807, 2.05) is 0 Å². The van der Waals surface area contributed by atoms with E-state index in [4.69, 9.17) is 15.9 Å². The smallest absolute Gasteiger partial charge is 0.175 e. The molecule has 0 radical (unpaired) electrons. The van der Waals surface area contributed by atoms with Crippen molar-refractivity contribution in [2.75, 3.05) is 13.2 Å². The summed E-state index contributed by atoms with van der Waals surface area (Å²) in [4.78, 5) is 0. The van der Waals surface area contributed by atoms with Crippen LogP contribution in [0.25, 0.3) is 0 Å². The van der Waals surface area contributed by atoms with Crippen LogP contribution in [-0.4, -0.2) is 18.3 Å². The fourth-order valence-corrected chi connectivity index (χ4v) is 1.96. The highest BCUT2D eigenvalue weighted by molar-refractivity contribution is 9.10. The van der Waals surface area contributed by atoms with E-state index in [1.54, 1.807) is 12.1 Å². The van der Waals surface area contributed by atoms with Gasteiger partial charge in [-0.05, 0) is 33.6 Å². The molecule has 1 N–H and O–H groups in total. The first-order valence-corrected chi connectivity index (χ1v) is 5.25. The lowest BCUT2D eigenvalue weighted by atomic mass is 10.1. The Kier molecular flexibility index (Phi) is 2.85. The molecule has 0 spiro atoms. The average molecular weight is 269 g/mol. The van der Waals surface area contributed by atoms with Gasteiger partial charge in [0.2, 0.25) is 0 Å². The quantitative estimate of drug-likeness (QED) is 0.791. The summed E-state index contributed by atoms with van der Waals surface area (Å²) in [5.74, 6) is 3.53. The molecular weight excluding hydrogens is 260 g/mol.